The third-order valence-corrected chi connectivity index (χ3v) is 4.77. The van der Waals surface area contributed by atoms with Crippen molar-refractivity contribution in [2.45, 2.75) is 37.6 Å². The first-order valence-corrected chi connectivity index (χ1v) is 7.66. The largest absolute Gasteiger partial charge is 0.465 e. The molecule has 3 heteroatoms. The van der Waals surface area contributed by atoms with Crippen LogP contribution in [0.25, 0.3) is 0 Å². The molecule has 1 saturated carbocycles. The minimum atomic E-state index is 0.0225. The monoisotopic (exact) mass is 281 g/mol. The quantitative estimate of drug-likeness (QED) is 0.931. The fourth-order valence-electron chi connectivity index (χ4n) is 3.38. The van der Waals surface area contributed by atoms with Gasteiger partial charge in [-0.25, -0.2) is 0 Å². The van der Waals surface area contributed by atoms with E-state index in [0.717, 1.165) is 23.0 Å². The molecule has 2 aromatic rings. The van der Waals surface area contributed by atoms with Gasteiger partial charge in [-0.2, -0.15) is 0 Å². The van der Waals surface area contributed by atoms with Gasteiger partial charge in [0.2, 0.25) is 5.91 Å². The predicted molar refractivity (Wildman–Crippen MR) is 79.9 cm³/mol. The number of furan rings is 1. The Hall–Kier alpha value is -2.03. The molecular weight excluding hydrogens is 262 g/mol. The standard InChI is InChI=1S/C18H19NO2/c1-11-9-13(11)15-7-8-16(21-15)14-10-17(20)19-18(14)12-5-3-2-4-6-12/h2-8,11,13-14,18H,9-10H2,1H3,(H,19,20). The summed E-state index contributed by atoms with van der Waals surface area (Å²) in [4.78, 5) is 11.9. The van der Waals surface area contributed by atoms with Crippen molar-refractivity contribution in [3.8, 4) is 0 Å². The zero-order valence-corrected chi connectivity index (χ0v) is 12.1. The number of hydrogen-bond donors (Lipinski definition) is 1. The van der Waals surface area contributed by atoms with E-state index < -0.39 is 0 Å². The lowest BCUT2D eigenvalue weighted by Gasteiger charge is -2.17. The summed E-state index contributed by atoms with van der Waals surface area (Å²) in [5.74, 6) is 3.55. The van der Waals surface area contributed by atoms with Crippen molar-refractivity contribution < 1.29 is 9.21 Å². The van der Waals surface area contributed by atoms with Crippen LogP contribution in [0.1, 0.15) is 54.7 Å². The van der Waals surface area contributed by atoms with E-state index in [0.29, 0.717) is 12.3 Å². The number of rotatable bonds is 3. The molecule has 1 saturated heterocycles. The first kappa shape index (κ1) is 12.7. The highest BCUT2D eigenvalue weighted by Gasteiger charge is 2.40. The molecule has 0 spiro atoms. The Morgan fingerprint density at radius 1 is 1.05 bits per heavy atom. The van der Waals surface area contributed by atoms with Gasteiger partial charge in [0.15, 0.2) is 0 Å². The van der Waals surface area contributed by atoms with Gasteiger partial charge in [0.25, 0.3) is 0 Å². The summed E-state index contributed by atoms with van der Waals surface area (Å²) in [6, 6.07) is 14.3. The van der Waals surface area contributed by atoms with Crippen molar-refractivity contribution in [3.05, 3.63) is 59.5 Å². The van der Waals surface area contributed by atoms with Gasteiger partial charge in [0.1, 0.15) is 11.5 Å². The van der Waals surface area contributed by atoms with E-state index in [1.807, 2.05) is 18.2 Å². The predicted octanol–water partition coefficient (Wildman–Crippen LogP) is 3.75. The summed E-state index contributed by atoms with van der Waals surface area (Å²) >= 11 is 0. The molecule has 0 radical (unpaired) electrons. The average Bonchev–Trinajstić information content (AvgIpc) is 2.93. The number of hydrogen-bond acceptors (Lipinski definition) is 2. The lowest BCUT2D eigenvalue weighted by atomic mass is 9.92. The maximum atomic E-state index is 11.9. The van der Waals surface area contributed by atoms with Crippen molar-refractivity contribution in [3.63, 3.8) is 0 Å². The summed E-state index contributed by atoms with van der Waals surface area (Å²) in [5, 5.41) is 3.08. The van der Waals surface area contributed by atoms with Gasteiger partial charge in [0.05, 0.1) is 12.0 Å². The molecule has 1 aromatic carbocycles. The molecule has 1 aliphatic heterocycles. The Kier molecular flexibility index (Phi) is 2.88. The second-order valence-corrected chi connectivity index (χ2v) is 6.33. The summed E-state index contributed by atoms with van der Waals surface area (Å²) in [7, 11) is 0. The van der Waals surface area contributed by atoms with Crippen molar-refractivity contribution in [2.75, 3.05) is 0 Å². The van der Waals surface area contributed by atoms with E-state index in [1.165, 1.54) is 6.42 Å². The molecule has 1 aromatic heterocycles. The van der Waals surface area contributed by atoms with Gasteiger partial charge >= 0.3 is 0 Å². The van der Waals surface area contributed by atoms with Crippen LogP contribution in [0.3, 0.4) is 0 Å². The fourth-order valence-corrected chi connectivity index (χ4v) is 3.38. The summed E-state index contributed by atoms with van der Waals surface area (Å²) in [5.41, 5.74) is 1.14. The highest BCUT2D eigenvalue weighted by atomic mass is 16.3. The SMILES string of the molecule is CC1CC1c1ccc(C2CC(=O)NC2c2ccccc2)o1. The Balaban J connectivity index is 1.63. The molecule has 2 aliphatic rings. The van der Waals surface area contributed by atoms with Crippen LogP contribution >= 0.6 is 0 Å². The molecule has 4 unspecified atom stereocenters. The number of nitrogens with one attached hydrogen (secondary N) is 1. The normalized spacial score (nSPS) is 31.2. The van der Waals surface area contributed by atoms with Gasteiger partial charge < -0.3 is 9.73 Å². The molecule has 108 valence electrons. The third-order valence-electron chi connectivity index (χ3n) is 4.77. The van der Waals surface area contributed by atoms with Crippen molar-refractivity contribution in [2.24, 2.45) is 5.92 Å². The van der Waals surface area contributed by atoms with Crippen LogP contribution in [-0.2, 0) is 4.79 Å². The second kappa shape index (κ2) is 4.76. The Labute approximate surface area is 124 Å². The molecule has 1 amide bonds. The minimum Gasteiger partial charge on any atom is -0.465 e. The topological polar surface area (TPSA) is 42.2 Å². The molecule has 4 rings (SSSR count). The van der Waals surface area contributed by atoms with E-state index >= 15 is 0 Å². The molecule has 0 bridgehead atoms. The van der Waals surface area contributed by atoms with Gasteiger partial charge in [0, 0.05) is 12.3 Å². The van der Waals surface area contributed by atoms with Crippen molar-refractivity contribution >= 4 is 5.91 Å². The Bertz CT molecular complexity index is 661. The van der Waals surface area contributed by atoms with Crippen LogP contribution in [0.2, 0.25) is 0 Å². The minimum absolute atomic E-state index is 0.0225. The molecule has 1 N–H and O–H groups in total. The Morgan fingerprint density at radius 2 is 1.71 bits per heavy atom. The van der Waals surface area contributed by atoms with E-state index in [9.17, 15) is 4.79 Å². The van der Waals surface area contributed by atoms with Gasteiger partial charge in [-0.05, 0) is 30.0 Å². The van der Waals surface area contributed by atoms with Crippen LogP contribution in [0.5, 0.6) is 0 Å². The summed E-state index contributed by atoms with van der Waals surface area (Å²) < 4.78 is 6.07. The van der Waals surface area contributed by atoms with Gasteiger partial charge in [-0.1, -0.05) is 37.3 Å². The zero-order valence-electron chi connectivity index (χ0n) is 12.1. The van der Waals surface area contributed by atoms with Crippen molar-refractivity contribution in [1.82, 2.24) is 5.32 Å². The molecule has 3 nitrogen and oxygen atoms in total. The second-order valence-electron chi connectivity index (χ2n) is 6.33. The van der Waals surface area contributed by atoms with Crippen LogP contribution in [-0.4, -0.2) is 5.91 Å². The zero-order chi connectivity index (χ0) is 14.4. The highest BCUT2D eigenvalue weighted by molar-refractivity contribution is 5.80. The van der Waals surface area contributed by atoms with Crippen LogP contribution in [0.4, 0.5) is 0 Å². The van der Waals surface area contributed by atoms with Gasteiger partial charge in [-0.15, -0.1) is 0 Å². The van der Waals surface area contributed by atoms with Crippen molar-refractivity contribution in [1.29, 1.82) is 0 Å². The fraction of sp³-hybridized carbons (Fsp3) is 0.389. The van der Waals surface area contributed by atoms with E-state index in [1.54, 1.807) is 0 Å². The first-order chi connectivity index (χ1) is 10.2. The van der Waals surface area contributed by atoms with Crippen LogP contribution in [0.15, 0.2) is 46.9 Å². The molecule has 21 heavy (non-hydrogen) atoms. The first-order valence-electron chi connectivity index (χ1n) is 7.66. The van der Waals surface area contributed by atoms with Crippen LogP contribution in [0, 0.1) is 5.92 Å². The molecule has 1 aliphatic carbocycles. The number of benzene rings is 1. The molecule has 2 fully saturated rings. The number of carbonyl (C=O) groups is 1. The average molecular weight is 281 g/mol. The van der Waals surface area contributed by atoms with Crippen LogP contribution < -0.4 is 5.32 Å². The summed E-state index contributed by atoms with van der Waals surface area (Å²) in [6.07, 6.45) is 1.73. The molecular formula is C18H19NO2. The lowest BCUT2D eigenvalue weighted by molar-refractivity contribution is -0.119. The molecule has 2 heterocycles. The van der Waals surface area contributed by atoms with E-state index in [2.05, 4.69) is 36.5 Å². The summed E-state index contributed by atoms with van der Waals surface area (Å²) in [6.45, 7) is 2.25. The maximum absolute atomic E-state index is 11.9. The highest BCUT2D eigenvalue weighted by Crippen LogP contribution is 2.48. The third kappa shape index (κ3) is 2.27. The number of amides is 1. The Morgan fingerprint density at radius 3 is 2.38 bits per heavy atom. The molecule has 4 atom stereocenters. The van der Waals surface area contributed by atoms with E-state index in [4.69, 9.17) is 4.42 Å². The smallest absolute Gasteiger partial charge is 0.221 e. The lowest BCUT2D eigenvalue weighted by Crippen LogP contribution is -2.20. The van der Waals surface area contributed by atoms with Gasteiger partial charge in [-0.3, -0.25) is 4.79 Å². The number of carbonyl (C=O) groups excluding carboxylic acids is 1. The maximum Gasteiger partial charge on any atom is 0.221 e. The van der Waals surface area contributed by atoms with E-state index in [-0.39, 0.29) is 17.9 Å².